The predicted molar refractivity (Wildman–Crippen MR) is 99.0 cm³/mol. The lowest BCUT2D eigenvalue weighted by Crippen LogP contribution is -2.13. The Kier molecular flexibility index (Phi) is 5.47. The Morgan fingerprint density at radius 3 is 2.30 bits per heavy atom. The van der Waals surface area contributed by atoms with Crippen LogP contribution in [-0.2, 0) is 11.3 Å². The summed E-state index contributed by atoms with van der Waals surface area (Å²) in [6.45, 7) is 0.149. The fourth-order valence-corrected chi connectivity index (χ4v) is 2.59. The van der Waals surface area contributed by atoms with Crippen molar-refractivity contribution in [2.45, 2.75) is 6.61 Å². The molecule has 3 rings (SSSR count). The first-order chi connectivity index (χ1) is 13.0. The molecular formula is C21H16FNO4. The highest BCUT2D eigenvalue weighted by Crippen LogP contribution is 2.27. The molecule has 0 spiro atoms. The molecule has 0 atom stereocenters. The summed E-state index contributed by atoms with van der Waals surface area (Å²) < 4.78 is 18.9. The van der Waals surface area contributed by atoms with E-state index in [0.29, 0.717) is 11.3 Å². The molecule has 27 heavy (non-hydrogen) atoms. The number of carboxylic acid groups (broad SMARTS) is 1. The molecule has 0 aliphatic rings. The van der Waals surface area contributed by atoms with Gasteiger partial charge in [0.05, 0.1) is 0 Å². The van der Waals surface area contributed by atoms with Crippen molar-refractivity contribution >= 4 is 17.7 Å². The number of carboxylic acids is 1. The first kappa shape index (κ1) is 18.1. The summed E-state index contributed by atoms with van der Waals surface area (Å²) in [5, 5.41) is 11.8. The number of rotatable bonds is 5. The monoisotopic (exact) mass is 365 g/mol. The molecule has 0 saturated heterocycles. The van der Waals surface area contributed by atoms with Crippen LogP contribution in [0.3, 0.4) is 0 Å². The number of aromatic carboxylic acids is 1. The highest BCUT2D eigenvalue weighted by Gasteiger charge is 2.16. The Balaban J connectivity index is 1.68. The van der Waals surface area contributed by atoms with E-state index < -0.39 is 17.9 Å². The van der Waals surface area contributed by atoms with Gasteiger partial charge in [-0.2, -0.15) is 0 Å². The molecule has 136 valence electrons. The smallest absolute Gasteiger partial charge is 0.411 e. The SMILES string of the molecule is O=C(Nc1ccc(-c2cccc(F)c2C(=O)O)cc1)OCc1ccccc1. The number of halogens is 1. The molecule has 5 nitrogen and oxygen atoms in total. The third-order valence-corrected chi connectivity index (χ3v) is 3.88. The number of hydrogen-bond donors (Lipinski definition) is 2. The van der Waals surface area contributed by atoms with Crippen LogP contribution in [-0.4, -0.2) is 17.2 Å². The average molecular weight is 365 g/mol. The number of ether oxygens (including phenoxy) is 1. The van der Waals surface area contributed by atoms with E-state index in [2.05, 4.69) is 5.32 Å². The van der Waals surface area contributed by atoms with Gasteiger partial charge in [-0.15, -0.1) is 0 Å². The minimum Gasteiger partial charge on any atom is -0.478 e. The largest absolute Gasteiger partial charge is 0.478 e. The van der Waals surface area contributed by atoms with Crippen LogP contribution in [0.25, 0.3) is 11.1 Å². The van der Waals surface area contributed by atoms with E-state index in [9.17, 15) is 19.1 Å². The van der Waals surface area contributed by atoms with Crippen LogP contribution < -0.4 is 5.32 Å². The normalized spacial score (nSPS) is 10.3. The summed E-state index contributed by atoms with van der Waals surface area (Å²) in [6.07, 6.45) is -0.608. The van der Waals surface area contributed by atoms with Crippen molar-refractivity contribution in [2.75, 3.05) is 5.32 Å². The zero-order valence-electron chi connectivity index (χ0n) is 14.2. The number of carbonyl (C=O) groups excluding carboxylic acids is 1. The van der Waals surface area contributed by atoms with Crippen LogP contribution in [0.1, 0.15) is 15.9 Å². The molecule has 0 saturated carbocycles. The lowest BCUT2D eigenvalue weighted by atomic mass is 9.99. The molecule has 1 amide bonds. The Bertz CT molecular complexity index is 956. The summed E-state index contributed by atoms with van der Waals surface area (Å²) in [5.74, 6) is -2.14. The standard InChI is InChI=1S/C21H16FNO4/c22-18-8-4-7-17(19(18)20(24)25)15-9-11-16(12-10-15)23-21(26)27-13-14-5-2-1-3-6-14/h1-12H,13H2,(H,23,26)(H,24,25). The van der Waals surface area contributed by atoms with Gasteiger partial charge in [-0.25, -0.2) is 14.0 Å². The first-order valence-electron chi connectivity index (χ1n) is 8.14. The van der Waals surface area contributed by atoms with Crippen LogP contribution in [0.15, 0.2) is 72.8 Å². The van der Waals surface area contributed by atoms with Crippen LogP contribution in [0.2, 0.25) is 0 Å². The van der Waals surface area contributed by atoms with Gasteiger partial charge in [-0.1, -0.05) is 54.6 Å². The minimum atomic E-state index is -1.34. The molecule has 6 heteroatoms. The molecule has 0 aromatic heterocycles. The van der Waals surface area contributed by atoms with Crippen LogP contribution in [0, 0.1) is 5.82 Å². The zero-order chi connectivity index (χ0) is 19.2. The van der Waals surface area contributed by atoms with Crippen LogP contribution in [0.5, 0.6) is 0 Å². The molecule has 3 aromatic rings. The maximum absolute atomic E-state index is 13.8. The highest BCUT2D eigenvalue weighted by molar-refractivity contribution is 5.96. The van der Waals surface area contributed by atoms with Gasteiger partial charge in [-0.05, 0) is 34.9 Å². The summed E-state index contributed by atoms with van der Waals surface area (Å²) in [5.41, 5.74) is 1.75. The van der Waals surface area contributed by atoms with E-state index in [1.54, 1.807) is 24.3 Å². The predicted octanol–water partition coefficient (Wildman–Crippen LogP) is 4.94. The van der Waals surface area contributed by atoms with Gasteiger partial charge in [-0.3, -0.25) is 5.32 Å². The number of nitrogens with one attached hydrogen (secondary N) is 1. The maximum Gasteiger partial charge on any atom is 0.411 e. The number of benzene rings is 3. The molecule has 0 heterocycles. The van der Waals surface area contributed by atoms with Gasteiger partial charge in [0.1, 0.15) is 18.0 Å². The Morgan fingerprint density at radius 2 is 1.63 bits per heavy atom. The van der Waals surface area contributed by atoms with Gasteiger partial charge in [0.15, 0.2) is 0 Å². The van der Waals surface area contributed by atoms with Gasteiger partial charge < -0.3 is 9.84 Å². The van der Waals surface area contributed by atoms with E-state index in [-0.39, 0.29) is 17.7 Å². The quantitative estimate of drug-likeness (QED) is 0.671. The molecule has 0 aliphatic carbocycles. The zero-order valence-corrected chi connectivity index (χ0v) is 14.2. The van der Waals surface area contributed by atoms with Crippen molar-refractivity contribution in [1.82, 2.24) is 0 Å². The fourth-order valence-electron chi connectivity index (χ4n) is 2.59. The average Bonchev–Trinajstić information content (AvgIpc) is 2.67. The molecule has 0 bridgehead atoms. The van der Waals surface area contributed by atoms with Crippen molar-refractivity contribution in [3.63, 3.8) is 0 Å². The van der Waals surface area contributed by atoms with Crippen LogP contribution in [0.4, 0.5) is 14.9 Å². The van der Waals surface area contributed by atoms with Gasteiger partial charge in [0, 0.05) is 5.69 Å². The van der Waals surface area contributed by atoms with Gasteiger partial charge in [0.25, 0.3) is 0 Å². The fraction of sp³-hybridized carbons (Fsp3) is 0.0476. The number of amides is 1. The third kappa shape index (κ3) is 4.49. The summed E-state index contributed by atoms with van der Waals surface area (Å²) in [7, 11) is 0. The van der Waals surface area contributed by atoms with Gasteiger partial charge >= 0.3 is 12.1 Å². The molecule has 0 unspecified atom stereocenters. The van der Waals surface area contributed by atoms with E-state index >= 15 is 0 Å². The van der Waals surface area contributed by atoms with Gasteiger partial charge in [0.2, 0.25) is 0 Å². The lowest BCUT2D eigenvalue weighted by molar-refractivity contribution is 0.0692. The molecule has 3 aromatic carbocycles. The highest BCUT2D eigenvalue weighted by atomic mass is 19.1. The second-order valence-corrected chi connectivity index (χ2v) is 5.73. The van der Waals surface area contributed by atoms with Crippen molar-refractivity contribution < 1.29 is 23.8 Å². The lowest BCUT2D eigenvalue weighted by Gasteiger charge is -2.10. The van der Waals surface area contributed by atoms with Crippen molar-refractivity contribution in [2.24, 2.45) is 0 Å². The van der Waals surface area contributed by atoms with Crippen molar-refractivity contribution in [3.8, 4) is 11.1 Å². The summed E-state index contributed by atoms with van der Waals surface area (Å²) in [6, 6.07) is 19.8. The summed E-state index contributed by atoms with van der Waals surface area (Å²) >= 11 is 0. The van der Waals surface area contributed by atoms with Crippen LogP contribution >= 0.6 is 0 Å². The molecule has 0 aliphatic heterocycles. The number of anilines is 1. The first-order valence-corrected chi connectivity index (χ1v) is 8.14. The Morgan fingerprint density at radius 1 is 0.926 bits per heavy atom. The van der Waals surface area contributed by atoms with E-state index in [0.717, 1.165) is 11.6 Å². The van der Waals surface area contributed by atoms with E-state index in [1.165, 1.54) is 12.1 Å². The maximum atomic E-state index is 13.8. The molecular weight excluding hydrogens is 349 g/mol. The van der Waals surface area contributed by atoms with Crippen molar-refractivity contribution in [1.29, 1.82) is 0 Å². The minimum absolute atomic E-state index is 0.149. The molecule has 0 fully saturated rings. The second-order valence-electron chi connectivity index (χ2n) is 5.73. The Hall–Kier alpha value is -3.67. The second kappa shape index (κ2) is 8.14. The number of hydrogen-bond acceptors (Lipinski definition) is 3. The topological polar surface area (TPSA) is 75.6 Å². The molecule has 2 N–H and O–H groups in total. The Labute approximate surface area is 155 Å². The third-order valence-electron chi connectivity index (χ3n) is 3.88. The van der Waals surface area contributed by atoms with Crippen molar-refractivity contribution in [3.05, 3.63) is 89.7 Å². The van der Waals surface area contributed by atoms with E-state index in [4.69, 9.17) is 4.74 Å². The number of carbonyl (C=O) groups is 2. The summed E-state index contributed by atoms with van der Waals surface area (Å²) in [4.78, 5) is 23.2. The molecule has 0 radical (unpaired) electrons. The van der Waals surface area contributed by atoms with E-state index in [1.807, 2.05) is 30.3 Å².